The van der Waals surface area contributed by atoms with Crippen molar-refractivity contribution in [3.8, 4) is 0 Å². The highest BCUT2D eigenvalue weighted by atomic mass is 35.5. The smallest absolute Gasteiger partial charge is 0.211 e. The molecule has 158 valence electrons. The Labute approximate surface area is 179 Å². The highest BCUT2D eigenvalue weighted by Gasteiger charge is 2.28. The van der Waals surface area contributed by atoms with Crippen LogP contribution in [0.1, 0.15) is 54.4 Å². The van der Waals surface area contributed by atoms with Crippen LogP contribution in [0.15, 0.2) is 42.5 Å². The van der Waals surface area contributed by atoms with Crippen LogP contribution in [0.25, 0.3) is 0 Å². The van der Waals surface area contributed by atoms with Crippen LogP contribution in [0.2, 0.25) is 5.02 Å². The number of halogens is 1. The number of nitrogens with two attached hydrogens (primary N) is 1. The summed E-state index contributed by atoms with van der Waals surface area (Å²) in [6.45, 7) is 2.35. The second-order valence-corrected chi connectivity index (χ2v) is 10.3. The van der Waals surface area contributed by atoms with Crippen LogP contribution in [0, 0.1) is 0 Å². The third-order valence-electron chi connectivity index (χ3n) is 5.71. The minimum Gasteiger partial charge on any atom is -0.327 e. The first-order valence-electron chi connectivity index (χ1n) is 10.5. The van der Waals surface area contributed by atoms with E-state index in [0.29, 0.717) is 13.0 Å². The van der Waals surface area contributed by atoms with Gasteiger partial charge in [0.15, 0.2) is 0 Å². The quantitative estimate of drug-likeness (QED) is 0.581. The Morgan fingerprint density at radius 3 is 2.76 bits per heavy atom. The summed E-state index contributed by atoms with van der Waals surface area (Å²) in [5, 5.41) is 0.794. The zero-order chi connectivity index (χ0) is 20.9. The summed E-state index contributed by atoms with van der Waals surface area (Å²) < 4.78 is 26.2. The van der Waals surface area contributed by atoms with Crippen molar-refractivity contribution in [1.82, 2.24) is 4.72 Å². The Hall–Kier alpha value is -1.40. The lowest BCUT2D eigenvalue weighted by molar-refractivity contribution is 0.467. The molecule has 6 heteroatoms. The molecular formula is C23H31ClN2O2S. The second-order valence-electron chi connectivity index (χ2n) is 7.95. The lowest BCUT2D eigenvalue weighted by atomic mass is 9.76. The summed E-state index contributed by atoms with van der Waals surface area (Å²) >= 11 is 6.40. The summed E-state index contributed by atoms with van der Waals surface area (Å²) in [5.41, 5.74) is 11.6. The minimum absolute atomic E-state index is 0.120. The molecule has 3 rings (SSSR count). The number of aryl methyl sites for hydroxylation is 2. The molecular weight excluding hydrogens is 404 g/mol. The molecule has 0 radical (unpaired) electrons. The average molecular weight is 435 g/mol. The first kappa shape index (κ1) is 22.3. The van der Waals surface area contributed by atoms with E-state index < -0.39 is 10.0 Å². The highest BCUT2D eigenvalue weighted by molar-refractivity contribution is 7.89. The van der Waals surface area contributed by atoms with E-state index in [1.54, 1.807) is 0 Å². The van der Waals surface area contributed by atoms with Crippen molar-refractivity contribution >= 4 is 21.6 Å². The van der Waals surface area contributed by atoms with E-state index in [1.165, 1.54) is 16.7 Å². The van der Waals surface area contributed by atoms with Crippen molar-refractivity contribution in [2.24, 2.45) is 5.73 Å². The van der Waals surface area contributed by atoms with Crippen LogP contribution in [0.4, 0.5) is 0 Å². The van der Waals surface area contributed by atoms with Gasteiger partial charge in [-0.15, -0.1) is 0 Å². The number of benzene rings is 2. The zero-order valence-corrected chi connectivity index (χ0v) is 18.6. The van der Waals surface area contributed by atoms with E-state index in [9.17, 15) is 8.42 Å². The van der Waals surface area contributed by atoms with Gasteiger partial charge in [-0.05, 0) is 66.8 Å². The van der Waals surface area contributed by atoms with Crippen molar-refractivity contribution in [1.29, 1.82) is 0 Å². The molecule has 2 unspecified atom stereocenters. The summed E-state index contributed by atoms with van der Waals surface area (Å²) in [4.78, 5) is 0. The van der Waals surface area contributed by atoms with Crippen molar-refractivity contribution in [2.75, 3.05) is 12.3 Å². The minimum atomic E-state index is -3.13. The first-order chi connectivity index (χ1) is 13.9. The van der Waals surface area contributed by atoms with Gasteiger partial charge in [-0.2, -0.15) is 0 Å². The van der Waals surface area contributed by atoms with Gasteiger partial charge in [0.25, 0.3) is 0 Å². The van der Waals surface area contributed by atoms with Gasteiger partial charge in [-0.1, -0.05) is 54.9 Å². The summed E-state index contributed by atoms with van der Waals surface area (Å²) in [6, 6.07) is 14.8. The van der Waals surface area contributed by atoms with Gasteiger partial charge in [-0.25, -0.2) is 13.1 Å². The molecule has 1 aliphatic carbocycles. The van der Waals surface area contributed by atoms with E-state index in [0.717, 1.165) is 42.7 Å². The van der Waals surface area contributed by atoms with Crippen LogP contribution in [0.3, 0.4) is 0 Å². The molecule has 0 saturated heterocycles. The number of fused-ring (bicyclic) bond motifs is 1. The lowest BCUT2D eigenvalue weighted by Gasteiger charge is -2.32. The molecule has 2 aromatic rings. The van der Waals surface area contributed by atoms with Crippen LogP contribution < -0.4 is 10.5 Å². The summed E-state index contributed by atoms with van der Waals surface area (Å²) in [7, 11) is -3.13. The van der Waals surface area contributed by atoms with E-state index in [4.69, 9.17) is 17.3 Å². The molecule has 29 heavy (non-hydrogen) atoms. The average Bonchev–Trinajstić information content (AvgIpc) is 2.69. The normalized spacial score (nSPS) is 19.1. The van der Waals surface area contributed by atoms with E-state index in [1.807, 2.05) is 25.1 Å². The fourth-order valence-electron chi connectivity index (χ4n) is 4.15. The molecule has 0 aliphatic heterocycles. The number of nitrogens with one attached hydrogen (secondary N) is 1. The highest BCUT2D eigenvalue weighted by Crippen LogP contribution is 2.35. The van der Waals surface area contributed by atoms with E-state index >= 15 is 0 Å². The number of hydrogen-bond donors (Lipinski definition) is 2. The van der Waals surface area contributed by atoms with Gasteiger partial charge in [0.1, 0.15) is 0 Å². The predicted molar refractivity (Wildman–Crippen MR) is 121 cm³/mol. The summed E-state index contributed by atoms with van der Waals surface area (Å²) in [6.07, 6.45) is 5.09. The molecule has 0 aromatic heterocycles. The molecule has 0 bridgehead atoms. The molecule has 3 N–H and O–H groups in total. The van der Waals surface area contributed by atoms with Gasteiger partial charge < -0.3 is 5.73 Å². The maximum atomic E-state index is 11.8. The predicted octanol–water partition coefficient (Wildman–Crippen LogP) is 4.20. The number of hydrogen-bond acceptors (Lipinski definition) is 3. The Bertz CT molecular complexity index is 930. The maximum Gasteiger partial charge on any atom is 0.211 e. The molecule has 0 spiro atoms. The van der Waals surface area contributed by atoms with Crippen molar-refractivity contribution < 1.29 is 8.42 Å². The van der Waals surface area contributed by atoms with Gasteiger partial charge in [-0.3, -0.25) is 0 Å². The standard InChI is InChI=1S/C23H31ClN2O2S/c1-2-14-29(27,28)26-13-5-6-17-9-10-18-11-12-23(25)21(20(18)15-17)16-19-7-3-4-8-22(19)24/h3-4,7-10,15,21,23,26H,2,5-6,11-14,16,25H2,1H3. The SMILES string of the molecule is CCCS(=O)(=O)NCCCc1ccc2c(c1)C(Cc1ccccc1Cl)C(N)CC2. The van der Waals surface area contributed by atoms with Gasteiger partial charge >= 0.3 is 0 Å². The molecule has 4 nitrogen and oxygen atoms in total. The van der Waals surface area contributed by atoms with E-state index in [-0.39, 0.29) is 17.7 Å². The fraction of sp³-hybridized carbons (Fsp3) is 0.478. The third-order valence-corrected chi connectivity index (χ3v) is 7.67. The van der Waals surface area contributed by atoms with E-state index in [2.05, 4.69) is 29.0 Å². The molecule has 1 aliphatic rings. The van der Waals surface area contributed by atoms with Gasteiger partial charge in [0, 0.05) is 23.5 Å². The van der Waals surface area contributed by atoms with Crippen LogP contribution in [0.5, 0.6) is 0 Å². The number of sulfonamides is 1. The van der Waals surface area contributed by atoms with Crippen LogP contribution in [-0.4, -0.2) is 26.8 Å². The Morgan fingerprint density at radius 2 is 2.00 bits per heavy atom. The van der Waals surface area contributed by atoms with Gasteiger partial charge in [0.05, 0.1) is 5.75 Å². The maximum absolute atomic E-state index is 11.8. The zero-order valence-electron chi connectivity index (χ0n) is 17.0. The number of rotatable bonds is 9. The monoisotopic (exact) mass is 434 g/mol. The van der Waals surface area contributed by atoms with Gasteiger partial charge in [0.2, 0.25) is 10.0 Å². The topological polar surface area (TPSA) is 72.2 Å². The Balaban J connectivity index is 1.69. The van der Waals surface area contributed by atoms with Crippen LogP contribution >= 0.6 is 11.6 Å². The van der Waals surface area contributed by atoms with Crippen molar-refractivity contribution in [3.63, 3.8) is 0 Å². The molecule has 2 aromatic carbocycles. The molecule has 0 heterocycles. The summed E-state index contributed by atoms with van der Waals surface area (Å²) in [5.74, 6) is 0.439. The largest absolute Gasteiger partial charge is 0.327 e. The fourth-order valence-corrected chi connectivity index (χ4v) is 5.50. The lowest BCUT2D eigenvalue weighted by Crippen LogP contribution is -2.34. The van der Waals surface area contributed by atoms with Crippen LogP contribution in [-0.2, 0) is 29.3 Å². The second kappa shape index (κ2) is 10.1. The third kappa shape index (κ3) is 6.05. The molecule has 0 saturated carbocycles. The molecule has 0 fully saturated rings. The van der Waals surface area contributed by atoms with Crippen molar-refractivity contribution in [3.05, 3.63) is 69.7 Å². The Morgan fingerprint density at radius 1 is 1.21 bits per heavy atom. The van der Waals surface area contributed by atoms with Crippen molar-refractivity contribution in [2.45, 2.75) is 57.4 Å². The molecule has 2 atom stereocenters. The first-order valence-corrected chi connectivity index (χ1v) is 12.5. The Kier molecular flexibility index (Phi) is 7.74. The molecule has 0 amide bonds.